The maximum Gasteiger partial charge on any atom is 0.416 e. The Kier molecular flexibility index (Phi) is 3.07. The number of pyridine rings is 1. The summed E-state index contributed by atoms with van der Waals surface area (Å²) in [4.78, 5) is 3.98. The second-order valence-corrected chi connectivity index (χ2v) is 3.86. The lowest BCUT2D eigenvalue weighted by molar-refractivity contribution is -0.137. The molecule has 0 bridgehead atoms. The van der Waals surface area contributed by atoms with Crippen LogP contribution in [0.1, 0.15) is 11.1 Å². The number of alkyl halides is 3. The van der Waals surface area contributed by atoms with Gasteiger partial charge in [0.1, 0.15) is 5.82 Å². The number of halogens is 4. The van der Waals surface area contributed by atoms with Crippen molar-refractivity contribution >= 4 is 0 Å². The Morgan fingerprint density at radius 2 is 1.83 bits per heavy atom. The molecule has 0 aliphatic carbocycles. The summed E-state index contributed by atoms with van der Waals surface area (Å²) in [6.07, 6.45) is -3.07. The number of hydrogen-bond donors (Lipinski definition) is 0. The summed E-state index contributed by atoms with van der Waals surface area (Å²) >= 11 is 0. The van der Waals surface area contributed by atoms with E-state index in [1.54, 1.807) is 19.1 Å². The second kappa shape index (κ2) is 4.40. The lowest BCUT2D eigenvalue weighted by atomic mass is 10.0. The molecule has 2 rings (SSSR count). The van der Waals surface area contributed by atoms with Crippen molar-refractivity contribution in [2.75, 3.05) is 0 Å². The summed E-state index contributed by atoms with van der Waals surface area (Å²) < 4.78 is 50.9. The molecule has 94 valence electrons. The summed E-state index contributed by atoms with van der Waals surface area (Å²) in [5, 5.41) is 0. The quantitative estimate of drug-likeness (QED) is 0.695. The van der Waals surface area contributed by atoms with Gasteiger partial charge in [0.2, 0.25) is 0 Å². The first kappa shape index (κ1) is 12.5. The summed E-state index contributed by atoms with van der Waals surface area (Å²) in [7, 11) is 0. The average Bonchev–Trinajstić information content (AvgIpc) is 2.29. The highest BCUT2D eigenvalue weighted by atomic mass is 19.4. The van der Waals surface area contributed by atoms with Crippen LogP contribution in [-0.4, -0.2) is 4.98 Å². The molecule has 0 fully saturated rings. The number of aromatic nitrogens is 1. The van der Waals surface area contributed by atoms with Gasteiger partial charge < -0.3 is 0 Å². The number of nitrogens with zero attached hydrogens (tertiary/aromatic N) is 1. The van der Waals surface area contributed by atoms with Crippen LogP contribution in [0.5, 0.6) is 0 Å². The fourth-order valence-corrected chi connectivity index (χ4v) is 1.65. The van der Waals surface area contributed by atoms with Gasteiger partial charge in [0, 0.05) is 11.8 Å². The Hall–Kier alpha value is -1.91. The van der Waals surface area contributed by atoms with Crippen LogP contribution < -0.4 is 0 Å². The minimum absolute atomic E-state index is 0.0705. The van der Waals surface area contributed by atoms with Crippen LogP contribution >= 0.6 is 0 Å². The van der Waals surface area contributed by atoms with E-state index < -0.39 is 17.6 Å². The normalized spacial score (nSPS) is 11.6. The Morgan fingerprint density at radius 3 is 2.39 bits per heavy atom. The minimum atomic E-state index is -4.54. The molecule has 0 saturated heterocycles. The van der Waals surface area contributed by atoms with Crippen LogP contribution in [0.15, 0.2) is 36.5 Å². The SMILES string of the molecule is Cc1cccnc1-c1ccc(C(F)(F)F)cc1F. The molecule has 1 aromatic heterocycles. The van der Waals surface area contributed by atoms with Crippen LogP contribution in [0.2, 0.25) is 0 Å². The lowest BCUT2D eigenvalue weighted by Crippen LogP contribution is -2.05. The highest BCUT2D eigenvalue weighted by Crippen LogP contribution is 2.32. The molecule has 0 aliphatic rings. The molecule has 5 heteroatoms. The zero-order chi connectivity index (χ0) is 13.3. The lowest BCUT2D eigenvalue weighted by Gasteiger charge is -2.10. The van der Waals surface area contributed by atoms with Gasteiger partial charge in [-0.25, -0.2) is 4.39 Å². The summed E-state index contributed by atoms with van der Waals surface area (Å²) in [6.45, 7) is 1.72. The van der Waals surface area contributed by atoms with Crippen LogP contribution in [0.3, 0.4) is 0 Å². The van der Waals surface area contributed by atoms with Crippen molar-refractivity contribution in [1.29, 1.82) is 0 Å². The fraction of sp³-hybridized carbons (Fsp3) is 0.154. The van der Waals surface area contributed by atoms with Crippen LogP contribution in [0.4, 0.5) is 17.6 Å². The molecule has 1 aromatic carbocycles. The molecule has 0 amide bonds. The minimum Gasteiger partial charge on any atom is -0.256 e. The maximum atomic E-state index is 13.7. The summed E-state index contributed by atoms with van der Waals surface area (Å²) in [5.74, 6) is -0.924. The van der Waals surface area contributed by atoms with Gasteiger partial charge in [0.05, 0.1) is 11.3 Å². The molecule has 0 spiro atoms. The van der Waals surface area contributed by atoms with Crippen LogP contribution in [0, 0.1) is 12.7 Å². The van der Waals surface area contributed by atoms with Crippen molar-refractivity contribution in [3.8, 4) is 11.3 Å². The molecule has 0 radical (unpaired) electrons. The van der Waals surface area contributed by atoms with Gasteiger partial charge in [-0.1, -0.05) is 6.07 Å². The van der Waals surface area contributed by atoms with Gasteiger partial charge in [-0.3, -0.25) is 4.98 Å². The Bertz CT molecular complexity index is 575. The largest absolute Gasteiger partial charge is 0.416 e. The zero-order valence-corrected chi connectivity index (χ0v) is 9.42. The molecule has 0 aliphatic heterocycles. The zero-order valence-electron chi connectivity index (χ0n) is 9.42. The second-order valence-electron chi connectivity index (χ2n) is 3.86. The van der Waals surface area contributed by atoms with E-state index in [-0.39, 0.29) is 5.56 Å². The van der Waals surface area contributed by atoms with E-state index in [4.69, 9.17) is 0 Å². The molecule has 0 N–H and O–H groups in total. The Labute approximate surface area is 101 Å². The van der Waals surface area contributed by atoms with Crippen molar-refractivity contribution in [2.45, 2.75) is 13.1 Å². The van der Waals surface area contributed by atoms with Gasteiger partial charge in [-0.2, -0.15) is 13.2 Å². The standard InChI is InChI=1S/C13H9F4N/c1-8-3-2-6-18-12(8)10-5-4-9(7-11(10)14)13(15,16)17/h2-7H,1H3. The van der Waals surface area contributed by atoms with E-state index in [1.807, 2.05) is 0 Å². The fourth-order valence-electron chi connectivity index (χ4n) is 1.65. The van der Waals surface area contributed by atoms with Crippen molar-refractivity contribution in [1.82, 2.24) is 4.98 Å². The third-order valence-electron chi connectivity index (χ3n) is 2.56. The molecule has 18 heavy (non-hydrogen) atoms. The molecular formula is C13H9F4N. The molecule has 1 nitrogen and oxygen atoms in total. The number of aryl methyl sites for hydroxylation is 1. The van der Waals surface area contributed by atoms with Gasteiger partial charge >= 0.3 is 6.18 Å². The Morgan fingerprint density at radius 1 is 1.11 bits per heavy atom. The van der Waals surface area contributed by atoms with Crippen LogP contribution in [-0.2, 0) is 6.18 Å². The molecule has 2 aromatic rings. The van der Waals surface area contributed by atoms with E-state index in [1.165, 1.54) is 6.20 Å². The van der Waals surface area contributed by atoms with Gasteiger partial charge in [0.25, 0.3) is 0 Å². The molecular weight excluding hydrogens is 246 g/mol. The van der Waals surface area contributed by atoms with Crippen LogP contribution in [0.25, 0.3) is 11.3 Å². The first-order valence-corrected chi connectivity index (χ1v) is 5.18. The van der Waals surface area contributed by atoms with Gasteiger partial charge in [0.15, 0.2) is 0 Å². The Balaban J connectivity index is 2.52. The molecule has 0 atom stereocenters. The first-order chi connectivity index (χ1) is 8.39. The molecule has 0 saturated carbocycles. The number of benzene rings is 1. The highest BCUT2D eigenvalue weighted by molar-refractivity contribution is 5.63. The van der Waals surface area contributed by atoms with Crippen molar-refractivity contribution in [3.05, 3.63) is 53.5 Å². The topological polar surface area (TPSA) is 12.9 Å². The maximum absolute atomic E-state index is 13.7. The summed E-state index contributed by atoms with van der Waals surface area (Å²) in [6, 6.07) is 5.85. The first-order valence-electron chi connectivity index (χ1n) is 5.18. The average molecular weight is 255 g/mol. The van der Waals surface area contributed by atoms with E-state index in [9.17, 15) is 17.6 Å². The highest BCUT2D eigenvalue weighted by Gasteiger charge is 2.31. The third kappa shape index (κ3) is 2.34. The third-order valence-corrected chi connectivity index (χ3v) is 2.56. The monoisotopic (exact) mass is 255 g/mol. The van der Waals surface area contributed by atoms with E-state index in [2.05, 4.69) is 4.98 Å². The van der Waals surface area contributed by atoms with Gasteiger partial charge in [-0.15, -0.1) is 0 Å². The number of rotatable bonds is 1. The van der Waals surface area contributed by atoms with E-state index >= 15 is 0 Å². The predicted octanol–water partition coefficient (Wildman–Crippen LogP) is 4.21. The number of hydrogen-bond acceptors (Lipinski definition) is 1. The smallest absolute Gasteiger partial charge is 0.256 e. The summed E-state index contributed by atoms with van der Waals surface area (Å²) in [5.41, 5.74) is 0.123. The van der Waals surface area contributed by atoms with E-state index in [0.717, 1.165) is 12.1 Å². The van der Waals surface area contributed by atoms with E-state index in [0.29, 0.717) is 17.3 Å². The van der Waals surface area contributed by atoms with Crippen molar-refractivity contribution in [2.24, 2.45) is 0 Å². The molecule has 0 unspecified atom stereocenters. The van der Waals surface area contributed by atoms with Crippen molar-refractivity contribution < 1.29 is 17.6 Å². The van der Waals surface area contributed by atoms with Gasteiger partial charge in [-0.05, 0) is 36.8 Å². The predicted molar refractivity (Wildman–Crippen MR) is 59.4 cm³/mol. The molecule has 1 heterocycles. The van der Waals surface area contributed by atoms with Crippen molar-refractivity contribution in [3.63, 3.8) is 0 Å².